The summed E-state index contributed by atoms with van der Waals surface area (Å²) < 4.78 is 0. The maximum absolute atomic E-state index is 11.5. The molecule has 1 rings (SSSR count). The minimum atomic E-state index is -0.660. The third kappa shape index (κ3) is 2.17. The highest BCUT2D eigenvalue weighted by atomic mass is 16.4. The van der Waals surface area contributed by atoms with Crippen molar-refractivity contribution < 1.29 is 9.90 Å². The van der Waals surface area contributed by atoms with Crippen LogP contribution in [0.4, 0.5) is 0 Å². The molecule has 2 unspecified atom stereocenters. The zero-order valence-electron chi connectivity index (χ0n) is 10.3. The lowest BCUT2D eigenvalue weighted by atomic mass is 9.91. The van der Waals surface area contributed by atoms with Crippen LogP contribution in [0, 0.1) is 5.92 Å². The number of nitrogens with zero attached hydrogens (tertiary/aromatic N) is 1. The molecule has 0 aliphatic heterocycles. The number of carbonyl (C=O) groups is 1. The van der Waals surface area contributed by atoms with Gasteiger partial charge in [-0.1, -0.05) is 13.8 Å². The maximum Gasteiger partial charge on any atom is 0.324 e. The summed E-state index contributed by atoms with van der Waals surface area (Å²) in [6, 6.07) is 0.344. The van der Waals surface area contributed by atoms with Gasteiger partial charge in [-0.25, -0.2) is 0 Å². The topological polar surface area (TPSA) is 40.5 Å². The van der Waals surface area contributed by atoms with Crippen LogP contribution >= 0.6 is 0 Å². The minimum Gasteiger partial charge on any atom is -0.480 e. The van der Waals surface area contributed by atoms with Gasteiger partial charge in [0.15, 0.2) is 0 Å². The van der Waals surface area contributed by atoms with Gasteiger partial charge >= 0.3 is 5.97 Å². The van der Waals surface area contributed by atoms with Gasteiger partial charge in [0.25, 0.3) is 0 Å². The summed E-state index contributed by atoms with van der Waals surface area (Å²) in [5, 5.41) is 9.45. The molecule has 3 nitrogen and oxygen atoms in total. The summed E-state index contributed by atoms with van der Waals surface area (Å²) in [5.74, 6) is -0.309. The lowest BCUT2D eigenvalue weighted by Crippen LogP contribution is -2.57. The van der Waals surface area contributed by atoms with Crippen LogP contribution < -0.4 is 0 Å². The van der Waals surface area contributed by atoms with E-state index in [1.165, 1.54) is 0 Å². The molecule has 1 saturated carbocycles. The molecular weight excluding hydrogens is 190 g/mol. The quantitative estimate of drug-likeness (QED) is 0.736. The monoisotopic (exact) mass is 213 g/mol. The zero-order chi connectivity index (χ0) is 11.6. The molecule has 2 atom stereocenters. The first-order valence-corrected chi connectivity index (χ1v) is 5.98. The SMILES string of the molecule is CCC(C)N(CC)C(C)(C(=O)O)C1CC1. The Morgan fingerprint density at radius 3 is 2.33 bits per heavy atom. The van der Waals surface area contributed by atoms with E-state index in [4.69, 9.17) is 0 Å². The molecule has 1 fully saturated rings. The fraction of sp³-hybridized carbons (Fsp3) is 0.917. The smallest absolute Gasteiger partial charge is 0.324 e. The summed E-state index contributed by atoms with van der Waals surface area (Å²) in [6.45, 7) is 8.99. The molecule has 0 heterocycles. The maximum atomic E-state index is 11.5. The van der Waals surface area contributed by atoms with Gasteiger partial charge < -0.3 is 5.11 Å². The van der Waals surface area contributed by atoms with Gasteiger partial charge in [0.1, 0.15) is 5.54 Å². The Morgan fingerprint density at radius 2 is 2.07 bits per heavy atom. The average Bonchev–Trinajstić information content (AvgIpc) is 3.01. The van der Waals surface area contributed by atoms with Crippen molar-refractivity contribution in [3.05, 3.63) is 0 Å². The van der Waals surface area contributed by atoms with Crippen LogP contribution in [0.3, 0.4) is 0 Å². The van der Waals surface area contributed by atoms with Crippen molar-refractivity contribution in [1.82, 2.24) is 4.90 Å². The van der Waals surface area contributed by atoms with E-state index in [9.17, 15) is 9.90 Å². The third-order valence-corrected chi connectivity index (χ3v) is 3.87. The summed E-state index contributed by atoms with van der Waals surface area (Å²) in [4.78, 5) is 13.6. The molecule has 0 bridgehead atoms. The number of hydrogen-bond donors (Lipinski definition) is 1. The first-order chi connectivity index (χ1) is 6.98. The van der Waals surface area contributed by atoms with Crippen LogP contribution in [0.15, 0.2) is 0 Å². The van der Waals surface area contributed by atoms with E-state index >= 15 is 0 Å². The number of carboxylic acids is 1. The largest absolute Gasteiger partial charge is 0.480 e. The van der Waals surface area contributed by atoms with Gasteiger partial charge in [0, 0.05) is 6.04 Å². The fourth-order valence-corrected chi connectivity index (χ4v) is 2.50. The predicted octanol–water partition coefficient (Wildman–Crippen LogP) is 2.36. The summed E-state index contributed by atoms with van der Waals surface area (Å²) >= 11 is 0. The molecule has 0 aromatic heterocycles. The van der Waals surface area contributed by atoms with Crippen LogP contribution in [-0.4, -0.2) is 34.1 Å². The van der Waals surface area contributed by atoms with Gasteiger partial charge in [0.05, 0.1) is 0 Å². The van der Waals surface area contributed by atoms with Crippen molar-refractivity contribution in [3.63, 3.8) is 0 Å². The fourth-order valence-electron chi connectivity index (χ4n) is 2.50. The molecule has 1 aliphatic rings. The molecule has 1 aliphatic carbocycles. The van der Waals surface area contributed by atoms with Gasteiger partial charge in [-0.3, -0.25) is 9.69 Å². The van der Waals surface area contributed by atoms with Gasteiger partial charge in [-0.15, -0.1) is 0 Å². The molecule has 0 aromatic carbocycles. The van der Waals surface area contributed by atoms with Crippen LogP contribution in [0.5, 0.6) is 0 Å². The lowest BCUT2D eigenvalue weighted by Gasteiger charge is -2.41. The van der Waals surface area contributed by atoms with Crippen LogP contribution in [0.25, 0.3) is 0 Å². The predicted molar refractivity (Wildman–Crippen MR) is 60.9 cm³/mol. The number of carboxylic acid groups (broad SMARTS) is 1. The number of likely N-dealkylation sites (N-methyl/N-ethyl adjacent to an activating group) is 1. The van der Waals surface area contributed by atoms with Gasteiger partial charge in [0.2, 0.25) is 0 Å². The van der Waals surface area contributed by atoms with Crippen molar-refractivity contribution in [2.24, 2.45) is 5.92 Å². The Bertz CT molecular complexity index is 238. The Hall–Kier alpha value is -0.570. The standard InChI is InChI=1S/C12H23NO2/c1-5-9(3)13(6-2)12(4,11(14)15)10-7-8-10/h9-10H,5-8H2,1-4H3,(H,14,15). The molecule has 0 spiro atoms. The number of hydrogen-bond acceptors (Lipinski definition) is 2. The Balaban J connectivity index is 2.90. The highest BCUT2D eigenvalue weighted by Gasteiger charge is 2.51. The molecular formula is C12H23NO2. The molecule has 88 valence electrons. The normalized spacial score (nSPS) is 22.5. The number of rotatable bonds is 6. The third-order valence-electron chi connectivity index (χ3n) is 3.87. The molecule has 0 aromatic rings. The second-order valence-corrected chi connectivity index (χ2v) is 4.77. The lowest BCUT2D eigenvalue weighted by molar-refractivity contribution is -0.154. The van der Waals surface area contributed by atoms with E-state index in [-0.39, 0.29) is 0 Å². The van der Waals surface area contributed by atoms with Crippen molar-refractivity contribution >= 4 is 5.97 Å². The molecule has 0 amide bonds. The Morgan fingerprint density at radius 1 is 1.53 bits per heavy atom. The van der Waals surface area contributed by atoms with E-state index in [1.807, 2.05) is 6.92 Å². The van der Waals surface area contributed by atoms with E-state index in [2.05, 4.69) is 25.7 Å². The number of aliphatic carboxylic acids is 1. The molecule has 3 heteroatoms. The van der Waals surface area contributed by atoms with E-state index < -0.39 is 11.5 Å². The first-order valence-electron chi connectivity index (χ1n) is 5.98. The second-order valence-electron chi connectivity index (χ2n) is 4.77. The molecule has 0 radical (unpaired) electrons. The van der Waals surface area contributed by atoms with Crippen LogP contribution in [-0.2, 0) is 4.79 Å². The van der Waals surface area contributed by atoms with Crippen molar-refractivity contribution in [2.45, 2.75) is 58.5 Å². The van der Waals surface area contributed by atoms with Crippen LogP contribution in [0.2, 0.25) is 0 Å². The highest BCUT2D eigenvalue weighted by molar-refractivity contribution is 5.79. The summed E-state index contributed by atoms with van der Waals surface area (Å²) in [6.07, 6.45) is 3.13. The van der Waals surface area contributed by atoms with E-state index in [1.54, 1.807) is 0 Å². The van der Waals surface area contributed by atoms with Crippen molar-refractivity contribution in [2.75, 3.05) is 6.54 Å². The highest BCUT2D eigenvalue weighted by Crippen LogP contribution is 2.44. The molecule has 1 N–H and O–H groups in total. The van der Waals surface area contributed by atoms with Crippen molar-refractivity contribution in [3.8, 4) is 0 Å². The van der Waals surface area contributed by atoms with Crippen LogP contribution in [0.1, 0.15) is 47.0 Å². The van der Waals surface area contributed by atoms with Gasteiger partial charge in [-0.05, 0) is 45.6 Å². The molecule has 0 saturated heterocycles. The van der Waals surface area contributed by atoms with Gasteiger partial charge in [-0.2, -0.15) is 0 Å². The van der Waals surface area contributed by atoms with Crippen molar-refractivity contribution in [1.29, 1.82) is 0 Å². The summed E-state index contributed by atoms with van der Waals surface area (Å²) in [7, 11) is 0. The minimum absolute atomic E-state index is 0.344. The van der Waals surface area contributed by atoms with E-state index in [0.29, 0.717) is 12.0 Å². The Labute approximate surface area is 92.5 Å². The second kappa shape index (κ2) is 4.52. The average molecular weight is 213 g/mol. The molecule has 15 heavy (non-hydrogen) atoms. The first kappa shape index (κ1) is 12.5. The van der Waals surface area contributed by atoms with E-state index in [0.717, 1.165) is 25.8 Å². The zero-order valence-corrected chi connectivity index (χ0v) is 10.3. The summed E-state index contributed by atoms with van der Waals surface area (Å²) in [5.41, 5.74) is -0.649. The Kier molecular flexibility index (Phi) is 3.77.